The van der Waals surface area contributed by atoms with Crippen molar-refractivity contribution in [2.75, 3.05) is 5.32 Å². The minimum absolute atomic E-state index is 0.0139. The number of anilines is 1. The molecule has 0 unspecified atom stereocenters. The minimum Gasteiger partial charge on any atom is -0.359 e. The quantitative estimate of drug-likeness (QED) is 0.651. The van der Waals surface area contributed by atoms with Gasteiger partial charge in [0, 0.05) is 23.0 Å². The van der Waals surface area contributed by atoms with Crippen molar-refractivity contribution in [2.45, 2.75) is 20.8 Å². The van der Waals surface area contributed by atoms with Crippen molar-refractivity contribution in [3.8, 4) is 0 Å². The molecule has 0 amide bonds. The summed E-state index contributed by atoms with van der Waals surface area (Å²) in [5, 5.41) is 3.26. The monoisotopic (exact) mass is 265 g/mol. The summed E-state index contributed by atoms with van der Waals surface area (Å²) in [6, 6.07) is 15.5. The number of benzene rings is 2. The van der Waals surface area contributed by atoms with Gasteiger partial charge in [0.15, 0.2) is 5.78 Å². The highest BCUT2D eigenvalue weighted by Crippen LogP contribution is 2.16. The molecule has 102 valence electrons. The van der Waals surface area contributed by atoms with Crippen LogP contribution in [0.15, 0.2) is 60.3 Å². The van der Waals surface area contributed by atoms with Crippen molar-refractivity contribution in [2.24, 2.45) is 0 Å². The van der Waals surface area contributed by atoms with Crippen LogP contribution < -0.4 is 5.32 Å². The number of hydrogen-bond acceptors (Lipinski definition) is 2. The maximum Gasteiger partial charge on any atom is 0.187 e. The molecule has 0 atom stereocenters. The van der Waals surface area contributed by atoms with Gasteiger partial charge in [-0.15, -0.1) is 0 Å². The lowest BCUT2D eigenvalue weighted by molar-refractivity contribution is 0.104. The molecule has 2 rings (SSSR count). The molecule has 0 aliphatic carbocycles. The first-order valence-corrected chi connectivity index (χ1v) is 6.67. The lowest BCUT2D eigenvalue weighted by atomic mass is 10.1. The van der Waals surface area contributed by atoms with Gasteiger partial charge in [0.2, 0.25) is 0 Å². The third kappa shape index (κ3) is 3.82. The molecule has 0 fully saturated rings. The van der Waals surface area contributed by atoms with E-state index in [0.717, 1.165) is 11.4 Å². The van der Waals surface area contributed by atoms with Crippen LogP contribution in [0.4, 0.5) is 5.69 Å². The fourth-order valence-corrected chi connectivity index (χ4v) is 2.19. The van der Waals surface area contributed by atoms with E-state index in [1.807, 2.05) is 37.3 Å². The first kappa shape index (κ1) is 14.1. The van der Waals surface area contributed by atoms with Crippen molar-refractivity contribution >= 4 is 11.5 Å². The number of rotatable bonds is 4. The van der Waals surface area contributed by atoms with Crippen LogP contribution in [0, 0.1) is 13.8 Å². The van der Waals surface area contributed by atoms with Gasteiger partial charge < -0.3 is 5.32 Å². The Kier molecular flexibility index (Phi) is 4.36. The van der Waals surface area contributed by atoms with Gasteiger partial charge in [-0.1, -0.05) is 36.4 Å². The predicted octanol–water partition coefficient (Wildman–Crippen LogP) is 4.50. The van der Waals surface area contributed by atoms with Crippen LogP contribution in [0.2, 0.25) is 0 Å². The topological polar surface area (TPSA) is 29.1 Å². The highest BCUT2D eigenvalue weighted by Gasteiger charge is 2.02. The molecule has 0 heterocycles. The van der Waals surface area contributed by atoms with Gasteiger partial charge in [0.05, 0.1) is 0 Å². The number of nitrogens with one attached hydrogen (secondary N) is 1. The van der Waals surface area contributed by atoms with E-state index in [4.69, 9.17) is 0 Å². The molecule has 2 aromatic carbocycles. The number of ketones is 1. The number of carbonyl (C=O) groups excluding carboxylic acids is 1. The normalized spacial score (nSPS) is 11.2. The number of allylic oxidation sites excluding steroid dienone is 2. The van der Waals surface area contributed by atoms with Crippen LogP contribution >= 0.6 is 0 Å². The Morgan fingerprint density at radius 2 is 1.60 bits per heavy atom. The van der Waals surface area contributed by atoms with E-state index in [9.17, 15) is 4.79 Å². The molecule has 0 aliphatic heterocycles. The van der Waals surface area contributed by atoms with Crippen molar-refractivity contribution in [1.82, 2.24) is 0 Å². The Bertz CT molecular complexity index is 621. The van der Waals surface area contributed by atoms with Gasteiger partial charge in [0.25, 0.3) is 0 Å². The number of carbonyl (C=O) groups is 1. The fraction of sp³-hybridized carbons (Fsp3) is 0.167. The van der Waals surface area contributed by atoms with Crippen LogP contribution in [-0.4, -0.2) is 5.78 Å². The van der Waals surface area contributed by atoms with Crippen LogP contribution in [0.3, 0.4) is 0 Å². The van der Waals surface area contributed by atoms with E-state index >= 15 is 0 Å². The summed E-state index contributed by atoms with van der Waals surface area (Å²) in [5.74, 6) is 0.0139. The molecule has 0 saturated carbocycles. The summed E-state index contributed by atoms with van der Waals surface area (Å²) < 4.78 is 0. The average Bonchev–Trinajstić information content (AvgIpc) is 2.38. The first-order valence-electron chi connectivity index (χ1n) is 6.67. The third-order valence-electron chi connectivity index (χ3n) is 2.97. The molecule has 2 nitrogen and oxygen atoms in total. The van der Waals surface area contributed by atoms with E-state index < -0.39 is 0 Å². The van der Waals surface area contributed by atoms with Gasteiger partial charge in [-0.3, -0.25) is 4.79 Å². The maximum absolute atomic E-state index is 12.1. The molecule has 0 saturated heterocycles. The smallest absolute Gasteiger partial charge is 0.187 e. The van der Waals surface area contributed by atoms with E-state index in [-0.39, 0.29) is 5.78 Å². The van der Waals surface area contributed by atoms with E-state index in [1.54, 1.807) is 6.08 Å². The van der Waals surface area contributed by atoms with Crippen LogP contribution in [0.1, 0.15) is 28.4 Å². The fourth-order valence-electron chi connectivity index (χ4n) is 2.19. The van der Waals surface area contributed by atoms with Gasteiger partial charge in [-0.2, -0.15) is 0 Å². The second-order valence-corrected chi connectivity index (χ2v) is 5.06. The Labute approximate surface area is 120 Å². The lowest BCUT2D eigenvalue weighted by Crippen LogP contribution is -2.01. The van der Waals surface area contributed by atoms with Crippen molar-refractivity contribution < 1.29 is 4.79 Å². The molecule has 20 heavy (non-hydrogen) atoms. The van der Waals surface area contributed by atoms with Crippen molar-refractivity contribution in [3.05, 3.63) is 77.0 Å². The second-order valence-electron chi connectivity index (χ2n) is 5.06. The molecule has 0 spiro atoms. The Hall–Kier alpha value is -2.35. The molecule has 0 bridgehead atoms. The van der Waals surface area contributed by atoms with Gasteiger partial charge >= 0.3 is 0 Å². The average molecular weight is 265 g/mol. The van der Waals surface area contributed by atoms with Gasteiger partial charge in [0.1, 0.15) is 0 Å². The molecule has 2 aromatic rings. The standard InChI is InChI=1S/C18H19NO/c1-13-9-14(2)11-17(10-13)19-15(3)12-18(20)16-7-5-4-6-8-16/h4-12,19H,1-3H3. The summed E-state index contributed by atoms with van der Waals surface area (Å²) in [6.45, 7) is 6.03. The molecule has 0 aromatic heterocycles. The maximum atomic E-state index is 12.1. The molecule has 0 aliphatic rings. The molecular formula is C18H19NO. The molecule has 2 heteroatoms. The third-order valence-corrected chi connectivity index (χ3v) is 2.97. The molecular weight excluding hydrogens is 246 g/mol. The summed E-state index contributed by atoms with van der Waals surface area (Å²) in [4.78, 5) is 12.1. The highest BCUT2D eigenvalue weighted by molar-refractivity contribution is 6.05. The highest BCUT2D eigenvalue weighted by atomic mass is 16.1. The van der Waals surface area contributed by atoms with E-state index in [0.29, 0.717) is 5.56 Å². The summed E-state index contributed by atoms with van der Waals surface area (Å²) in [5.41, 5.74) is 4.96. The summed E-state index contributed by atoms with van der Waals surface area (Å²) >= 11 is 0. The van der Waals surface area contributed by atoms with Gasteiger partial charge in [-0.05, 0) is 44.0 Å². The predicted molar refractivity (Wildman–Crippen MR) is 84.1 cm³/mol. The van der Waals surface area contributed by atoms with E-state index in [1.165, 1.54) is 11.1 Å². The Morgan fingerprint density at radius 3 is 2.20 bits per heavy atom. The second kappa shape index (κ2) is 6.20. The van der Waals surface area contributed by atoms with Crippen molar-refractivity contribution in [1.29, 1.82) is 0 Å². The molecule has 1 N–H and O–H groups in total. The number of hydrogen-bond donors (Lipinski definition) is 1. The van der Waals surface area contributed by atoms with Crippen molar-refractivity contribution in [3.63, 3.8) is 0 Å². The molecule has 0 radical (unpaired) electrons. The minimum atomic E-state index is 0.0139. The lowest BCUT2D eigenvalue weighted by Gasteiger charge is -2.09. The SMILES string of the molecule is CC(=CC(=O)c1ccccc1)Nc1cc(C)cc(C)c1. The zero-order valence-corrected chi connectivity index (χ0v) is 12.1. The Balaban J connectivity index is 2.13. The van der Waals surface area contributed by atoms with E-state index in [2.05, 4.69) is 37.4 Å². The zero-order valence-electron chi connectivity index (χ0n) is 12.1. The first-order chi connectivity index (χ1) is 9.54. The summed E-state index contributed by atoms with van der Waals surface area (Å²) in [7, 11) is 0. The summed E-state index contributed by atoms with van der Waals surface area (Å²) in [6.07, 6.45) is 1.63. The van der Waals surface area contributed by atoms with Crippen LogP contribution in [-0.2, 0) is 0 Å². The zero-order chi connectivity index (χ0) is 14.5. The van der Waals surface area contributed by atoms with Crippen LogP contribution in [0.5, 0.6) is 0 Å². The number of aryl methyl sites for hydroxylation is 2. The van der Waals surface area contributed by atoms with Gasteiger partial charge in [-0.25, -0.2) is 0 Å². The van der Waals surface area contributed by atoms with Crippen LogP contribution in [0.25, 0.3) is 0 Å². The largest absolute Gasteiger partial charge is 0.359 e. The Morgan fingerprint density at radius 1 is 1.00 bits per heavy atom.